The number of halogens is 2. The number of hydrogen-bond donors (Lipinski definition) is 2. The molecule has 0 aliphatic rings. The zero-order valence-corrected chi connectivity index (χ0v) is 24.2. The van der Waals surface area contributed by atoms with Gasteiger partial charge in [0.05, 0.1) is 16.4 Å². The third-order valence-electron chi connectivity index (χ3n) is 4.56. The van der Waals surface area contributed by atoms with Crippen LogP contribution in [0.3, 0.4) is 0 Å². The first-order valence-electron chi connectivity index (χ1n) is 10.3. The van der Waals surface area contributed by atoms with Crippen LogP contribution in [0, 0.1) is 0 Å². The summed E-state index contributed by atoms with van der Waals surface area (Å²) in [4.78, 5) is 24.8. The van der Waals surface area contributed by atoms with Gasteiger partial charge in [0.2, 0.25) is 0 Å². The molecule has 2 aromatic heterocycles. The Balaban J connectivity index is 0.000000209. The van der Waals surface area contributed by atoms with Gasteiger partial charge in [-0.25, -0.2) is 0 Å². The van der Waals surface area contributed by atoms with E-state index in [0.29, 0.717) is 6.54 Å². The maximum absolute atomic E-state index is 10.7. The van der Waals surface area contributed by atoms with Crippen molar-refractivity contribution in [3.63, 3.8) is 0 Å². The highest BCUT2D eigenvalue weighted by Crippen LogP contribution is 2.29. The zero-order chi connectivity index (χ0) is 24.9. The van der Waals surface area contributed by atoms with Crippen molar-refractivity contribution < 1.29 is 17.8 Å². The lowest BCUT2D eigenvalue weighted by molar-refractivity contribution is 0.111. The largest absolute Gasteiger partial charge is 0.395 e. The summed E-state index contributed by atoms with van der Waals surface area (Å²) < 4.78 is 14.6. The summed E-state index contributed by atoms with van der Waals surface area (Å²) in [5, 5.41) is 13.0. The summed E-state index contributed by atoms with van der Waals surface area (Å²) in [6.07, 6.45) is 1.77. The van der Waals surface area contributed by atoms with E-state index in [2.05, 4.69) is 32.2 Å². The number of thiophene rings is 2. The van der Waals surface area contributed by atoms with E-state index in [9.17, 15) is 12.7 Å². The monoisotopic (exact) mass is 676 g/mol. The summed E-state index contributed by atoms with van der Waals surface area (Å²) in [7, 11) is 3.80. The fourth-order valence-electron chi connectivity index (χ4n) is 2.82. The lowest BCUT2D eigenvalue weighted by Crippen LogP contribution is -2.19. The van der Waals surface area contributed by atoms with Gasteiger partial charge < -0.3 is 15.3 Å². The maximum Gasteiger partial charge on any atom is 0.160 e. The fourth-order valence-corrected chi connectivity index (χ4v) is 6.09. The average molecular weight is 677 g/mol. The second-order valence-electron chi connectivity index (χ2n) is 6.98. The zero-order valence-electron chi connectivity index (χ0n) is 18.8. The number of benzene rings is 2. The van der Waals surface area contributed by atoms with Crippen molar-refractivity contribution in [3.8, 4) is 0 Å². The summed E-state index contributed by atoms with van der Waals surface area (Å²) in [5.74, 6) is 0. The normalized spacial score (nSPS) is 10.2. The minimum atomic E-state index is -0.887. The van der Waals surface area contributed by atoms with Crippen LogP contribution in [0.2, 0.25) is 0 Å². The Bertz CT molecular complexity index is 1230. The molecule has 0 amide bonds. The number of alkyl halides is 1. The van der Waals surface area contributed by atoms with E-state index < -0.39 is 21.2 Å². The van der Waals surface area contributed by atoms with E-state index in [1.54, 1.807) is 7.05 Å². The summed E-state index contributed by atoms with van der Waals surface area (Å²) in [5.41, 5.74) is 1.11. The Hall–Kier alpha value is -1.57. The van der Waals surface area contributed by atoms with Crippen LogP contribution in [0.1, 0.15) is 19.3 Å². The van der Waals surface area contributed by atoms with Crippen molar-refractivity contribution in [2.24, 2.45) is 0 Å². The van der Waals surface area contributed by atoms with Crippen LogP contribution < -0.4 is 10.2 Å². The van der Waals surface area contributed by atoms with E-state index >= 15 is 0 Å². The maximum atomic E-state index is 10.7. The van der Waals surface area contributed by atoms with Crippen molar-refractivity contribution in [2.75, 3.05) is 43.1 Å². The van der Waals surface area contributed by atoms with E-state index in [-0.39, 0.29) is 6.61 Å². The number of aliphatic hydroxyl groups excluding tert-OH is 1. The summed E-state index contributed by atoms with van der Waals surface area (Å²) in [6, 6.07) is 15.9. The Kier molecular flexibility index (Phi) is 13.0. The van der Waals surface area contributed by atoms with E-state index in [1.165, 1.54) is 22.7 Å². The van der Waals surface area contributed by atoms with E-state index in [1.807, 2.05) is 49.5 Å². The number of carbonyl (C=O) groups excluding carboxylic acids is 2. The molecular weight excluding hydrogens is 651 g/mol. The molecule has 0 unspecified atom stereocenters. The number of rotatable bonds is 8. The minimum Gasteiger partial charge on any atom is -0.395 e. The molecule has 0 bridgehead atoms. The third-order valence-corrected chi connectivity index (χ3v) is 8.02. The van der Waals surface area contributed by atoms with Gasteiger partial charge >= 0.3 is 0 Å². The summed E-state index contributed by atoms with van der Waals surface area (Å²) in [6.45, 7) is 1.74. The van der Waals surface area contributed by atoms with Crippen LogP contribution in [-0.4, -0.2) is 55.9 Å². The molecule has 2 heterocycles. The van der Waals surface area contributed by atoms with Gasteiger partial charge in [-0.2, -0.15) is 0 Å². The molecule has 0 aliphatic heterocycles. The highest BCUT2D eigenvalue weighted by atomic mass is 127. The quantitative estimate of drug-likeness (QED) is 0.133. The van der Waals surface area contributed by atoms with E-state index in [0.717, 1.165) is 63.6 Å². The van der Waals surface area contributed by atoms with Gasteiger partial charge in [0.1, 0.15) is 21.2 Å². The highest BCUT2D eigenvalue weighted by molar-refractivity contribution is 14.1. The predicted molar refractivity (Wildman–Crippen MR) is 156 cm³/mol. The van der Waals surface area contributed by atoms with Crippen molar-refractivity contribution in [1.82, 2.24) is 5.32 Å². The number of anilines is 1. The molecule has 4 aromatic rings. The van der Waals surface area contributed by atoms with Gasteiger partial charge in [-0.1, -0.05) is 28.1 Å². The van der Waals surface area contributed by atoms with Crippen LogP contribution in [-0.2, 0) is 3.07 Å². The Morgan fingerprint density at radius 2 is 1.59 bits per heavy atom. The van der Waals surface area contributed by atoms with Gasteiger partial charge in [0.15, 0.2) is 12.6 Å². The fraction of sp³-hybridized carbons (Fsp3) is 0.250. The van der Waals surface area contributed by atoms with Gasteiger partial charge in [0.25, 0.3) is 0 Å². The number of aldehydes is 2. The topological polar surface area (TPSA) is 86.7 Å². The van der Waals surface area contributed by atoms with Crippen molar-refractivity contribution in [3.05, 3.63) is 62.8 Å². The van der Waals surface area contributed by atoms with Gasteiger partial charge in [0, 0.05) is 44.1 Å². The van der Waals surface area contributed by atoms with Crippen molar-refractivity contribution in [1.29, 1.82) is 0 Å². The minimum absolute atomic E-state index is 0.233. The Morgan fingerprint density at radius 3 is 2.09 bits per heavy atom. The highest BCUT2D eigenvalue weighted by Gasteiger charge is 2.05. The SMILES string of the molecule is CN(CCI=O)c1ccc2cc(C=O)sc2c1.CNCCO.O=Cc1cc2ccc(Br)cc2s1. The molecule has 34 heavy (non-hydrogen) atoms. The number of carbonyl (C=O) groups is 2. The first-order chi connectivity index (χ1) is 16.4. The number of fused-ring (bicyclic) bond motifs is 2. The van der Waals surface area contributed by atoms with Crippen LogP contribution in [0.25, 0.3) is 20.2 Å². The number of nitrogens with zero attached hydrogens (tertiary/aromatic N) is 1. The van der Waals surface area contributed by atoms with Crippen molar-refractivity contribution in [2.45, 2.75) is 0 Å². The molecule has 0 saturated heterocycles. The second-order valence-corrected chi connectivity index (χ2v) is 11.8. The molecule has 2 N–H and O–H groups in total. The molecule has 10 heteroatoms. The molecule has 0 radical (unpaired) electrons. The first-order valence-corrected chi connectivity index (χ1v) is 15.1. The Morgan fingerprint density at radius 1 is 1.00 bits per heavy atom. The summed E-state index contributed by atoms with van der Waals surface area (Å²) >= 11 is 5.51. The first kappa shape index (κ1) is 28.7. The van der Waals surface area contributed by atoms with Crippen LogP contribution in [0.4, 0.5) is 5.69 Å². The van der Waals surface area contributed by atoms with Crippen LogP contribution in [0.5, 0.6) is 0 Å². The standard InChI is InChI=1S/C12H12INO2S.C9H5BrOS.C3H9NO/c1-14(5-4-13-16)10-3-2-9-6-11(8-15)17-12(9)7-10;10-7-2-1-6-3-8(5-11)12-9(6)4-7;1-4-2-3-5/h2-3,6-8H,4-5H2,1H3;1-5H;4-5H,2-3H2,1H3. The number of aliphatic hydroxyl groups is 1. The molecule has 0 fully saturated rings. The number of likely N-dealkylation sites (N-methyl/N-ethyl adjacent to an activating group) is 1. The third kappa shape index (κ3) is 8.90. The van der Waals surface area contributed by atoms with Crippen LogP contribution >= 0.6 is 59.8 Å². The molecular formula is C24H26BrIN2O4S2. The van der Waals surface area contributed by atoms with Gasteiger partial charge in [-0.05, 0) is 54.2 Å². The molecule has 2 aromatic carbocycles. The molecule has 0 atom stereocenters. The predicted octanol–water partition coefficient (Wildman–Crippen LogP) is 6.14. The molecule has 0 saturated carbocycles. The number of hydrogen-bond acceptors (Lipinski definition) is 8. The molecule has 182 valence electrons. The van der Waals surface area contributed by atoms with Gasteiger partial charge in [-0.15, -0.1) is 22.7 Å². The average Bonchev–Trinajstić information content (AvgIpc) is 3.46. The van der Waals surface area contributed by atoms with Gasteiger partial charge in [-0.3, -0.25) is 12.7 Å². The number of nitrogens with one attached hydrogen (secondary N) is 1. The molecule has 0 spiro atoms. The van der Waals surface area contributed by atoms with E-state index in [4.69, 9.17) is 5.11 Å². The smallest absolute Gasteiger partial charge is 0.160 e. The molecule has 4 rings (SSSR count). The second kappa shape index (κ2) is 15.4. The lowest BCUT2D eigenvalue weighted by atomic mass is 10.2. The lowest BCUT2D eigenvalue weighted by Gasteiger charge is -2.17. The molecule has 0 aliphatic carbocycles. The van der Waals surface area contributed by atoms with Crippen LogP contribution in [0.15, 0.2) is 53.0 Å². The van der Waals surface area contributed by atoms with Crippen molar-refractivity contribution >= 4 is 98.2 Å². The Labute approximate surface area is 225 Å². The molecule has 6 nitrogen and oxygen atoms in total.